The average molecular weight is 442 g/mol. The van der Waals surface area contributed by atoms with E-state index in [9.17, 15) is 9.59 Å². The molecule has 4 rings (SSSR count). The van der Waals surface area contributed by atoms with Crippen molar-refractivity contribution in [3.05, 3.63) is 94.5 Å². The van der Waals surface area contributed by atoms with Crippen molar-refractivity contribution in [2.45, 2.75) is 32.7 Å². The molecule has 1 N–H and O–H groups in total. The summed E-state index contributed by atoms with van der Waals surface area (Å²) in [7, 11) is 4.18. The molecule has 170 valence electrons. The molecule has 1 unspecified atom stereocenters. The van der Waals surface area contributed by atoms with Crippen molar-refractivity contribution < 1.29 is 9.59 Å². The molecular formula is C28H31N3O2. The minimum atomic E-state index is -0.150. The van der Waals surface area contributed by atoms with Crippen molar-refractivity contribution in [1.82, 2.24) is 4.90 Å². The number of carbonyl (C=O) groups is 2. The van der Waals surface area contributed by atoms with E-state index in [1.165, 1.54) is 5.56 Å². The molecule has 0 spiro atoms. The summed E-state index contributed by atoms with van der Waals surface area (Å²) in [5.74, 6) is -0.154. The molecule has 0 aliphatic carbocycles. The van der Waals surface area contributed by atoms with Crippen LogP contribution in [0.25, 0.3) is 0 Å². The fourth-order valence-corrected chi connectivity index (χ4v) is 4.63. The number of carbonyl (C=O) groups excluding carboxylic acids is 2. The van der Waals surface area contributed by atoms with Crippen LogP contribution in [0.3, 0.4) is 0 Å². The summed E-state index contributed by atoms with van der Waals surface area (Å²) >= 11 is 0. The van der Waals surface area contributed by atoms with Gasteiger partial charge in [-0.3, -0.25) is 9.59 Å². The van der Waals surface area contributed by atoms with Gasteiger partial charge in [0.1, 0.15) is 0 Å². The van der Waals surface area contributed by atoms with Crippen molar-refractivity contribution in [2.75, 3.05) is 30.9 Å². The SMILES string of the molecule is Cc1ccccc1C(=O)Nc1ccc(C(=O)N2CCCC(N(C)C)c3ccccc32)c(C)c1. The minimum absolute atomic E-state index is 0.00358. The Bertz CT molecular complexity index is 1190. The molecule has 3 aromatic carbocycles. The largest absolute Gasteiger partial charge is 0.322 e. The molecule has 2 amide bonds. The van der Waals surface area contributed by atoms with Gasteiger partial charge in [-0.05, 0) is 87.8 Å². The minimum Gasteiger partial charge on any atom is -0.322 e. The Labute approximate surface area is 196 Å². The maximum atomic E-state index is 13.6. The molecule has 1 aliphatic rings. The number of rotatable bonds is 4. The van der Waals surface area contributed by atoms with E-state index in [2.05, 4.69) is 30.4 Å². The second kappa shape index (κ2) is 9.59. The summed E-state index contributed by atoms with van der Waals surface area (Å²) in [5.41, 5.74) is 5.92. The maximum Gasteiger partial charge on any atom is 0.258 e. The second-order valence-electron chi connectivity index (χ2n) is 8.94. The number of anilines is 2. The van der Waals surface area contributed by atoms with E-state index >= 15 is 0 Å². The molecule has 0 aromatic heterocycles. The Balaban J connectivity index is 1.59. The number of para-hydroxylation sites is 1. The van der Waals surface area contributed by atoms with Crippen LogP contribution in [0, 0.1) is 13.8 Å². The third-order valence-corrected chi connectivity index (χ3v) is 6.42. The standard InChI is InChI=1S/C28H31N3O2/c1-19-10-5-6-11-22(19)27(32)29-21-15-16-23(20(2)18-21)28(33)31-17-9-14-25(30(3)4)24-12-7-8-13-26(24)31/h5-8,10-13,15-16,18,25H,9,14,17H2,1-4H3,(H,29,32). The molecule has 1 atom stereocenters. The number of fused-ring (bicyclic) bond motifs is 1. The Hall–Kier alpha value is -3.44. The summed E-state index contributed by atoms with van der Waals surface area (Å²) < 4.78 is 0. The Morgan fingerprint density at radius 3 is 2.36 bits per heavy atom. The fourth-order valence-electron chi connectivity index (χ4n) is 4.63. The van der Waals surface area contributed by atoms with Crippen LogP contribution < -0.4 is 10.2 Å². The van der Waals surface area contributed by atoms with Crippen LogP contribution in [0.1, 0.15) is 56.3 Å². The second-order valence-corrected chi connectivity index (χ2v) is 8.94. The fraction of sp³-hybridized carbons (Fsp3) is 0.286. The van der Waals surface area contributed by atoms with Gasteiger partial charge in [-0.2, -0.15) is 0 Å². The van der Waals surface area contributed by atoms with Gasteiger partial charge in [0.2, 0.25) is 0 Å². The first-order valence-corrected chi connectivity index (χ1v) is 11.4. The number of hydrogen-bond donors (Lipinski definition) is 1. The van der Waals surface area contributed by atoms with Gasteiger partial charge < -0.3 is 15.1 Å². The Kier molecular flexibility index (Phi) is 6.61. The Morgan fingerprint density at radius 2 is 1.64 bits per heavy atom. The number of hydrogen-bond acceptors (Lipinski definition) is 3. The van der Waals surface area contributed by atoms with Gasteiger partial charge in [0.15, 0.2) is 0 Å². The van der Waals surface area contributed by atoms with E-state index < -0.39 is 0 Å². The highest BCUT2D eigenvalue weighted by atomic mass is 16.2. The first-order valence-electron chi connectivity index (χ1n) is 11.4. The third kappa shape index (κ3) is 4.69. The first kappa shape index (κ1) is 22.7. The topological polar surface area (TPSA) is 52.7 Å². The molecular weight excluding hydrogens is 410 g/mol. The molecule has 5 heteroatoms. The smallest absolute Gasteiger partial charge is 0.258 e. The van der Waals surface area contributed by atoms with Crippen molar-refractivity contribution >= 4 is 23.2 Å². The van der Waals surface area contributed by atoms with Crippen LogP contribution in [-0.4, -0.2) is 37.4 Å². The van der Waals surface area contributed by atoms with Gasteiger partial charge >= 0.3 is 0 Å². The zero-order chi connectivity index (χ0) is 23.5. The van der Waals surface area contributed by atoms with E-state index in [4.69, 9.17) is 0 Å². The lowest BCUT2D eigenvalue weighted by Crippen LogP contribution is -2.32. The third-order valence-electron chi connectivity index (χ3n) is 6.42. The predicted octanol–water partition coefficient (Wildman–Crippen LogP) is 5.60. The molecule has 3 aromatic rings. The van der Waals surface area contributed by atoms with Crippen molar-refractivity contribution in [1.29, 1.82) is 0 Å². The molecule has 33 heavy (non-hydrogen) atoms. The molecule has 0 bridgehead atoms. The van der Waals surface area contributed by atoms with Gasteiger partial charge in [0.25, 0.3) is 11.8 Å². The predicted molar refractivity (Wildman–Crippen MR) is 134 cm³/mol. The Morgan fingerprint density at radius 1 is 0.909 bits per heavy atom. The van der Waals surface area contributed by atoms with Gasteiger partial charge in [0.05, 0.1) is 0 Å². The molecule has 5 nitrogen and oxygen atoms in total. The van der Waals surface area contributed by atoms with Crippen LogP contribution in [0.15, 0.2) is 66.7 Å². The van der Waals surface area contributed by atoms with E-state index in [0.717, 1.165) is 29.7 Å². The zero-order valence-electron chi connectivity index (χ0n) is 19.8. The van der Waals surface area contributed by atoms with Crippen LogP contribution in [0.2, 0.25) is 0 Å². The number of nitrogens with zero attached hydrogens (tertiary/aromatic N) is 2. The number of aryl methyl sites for hydroxylation is 2. The van der Waals surface area contributed by atoms with E-state index in [0.29, 0.717) is 29.4 Å². The monoisotopic (exact) mass is 441 g/mol. The zero-order valence-corrected chi connectivity index (χ0v) is 19.8. The number of amides is 2. The van der Waals surface area contributed by atoms with E-state index in [1.54, 1.807) is 0 Å². The summed E-state index contributed by atoms with van der Waals surface area (Å²) in [4.78, 5) is 30.5. The van der Waals surface area contributed by atoms with E-state index in [1.807, 2.05) is 79.4 Å². The van der Waals surface area contributed by atoms with Crippen LogP contribution in [0.5, 0.6) is 0 Å². The average Bonchev–Trinajstić information content (AvgIpc) is 2.99. The highest BCUT2D eigenvalue weighted by Crippen LogP contribution is 2.36. The number of nitrogens with one attached hydrogen (secondary N) is 1. The lowest BCUT2D eigenvalue weighted by molar-refractivity contribution is 0.0985. The highest BCUT2D eigenvalue weighted by molar-refractivity contribution is 6.09. The summed E-state index contributed by atoms with van der Waals surface area (Å²) in [5, 5.41) is 2.96. The molecule has 0 saturated heterocycles. The molecule has 0 radical (unpaired) electrons. The summed E-state index contributed by atoms with van der Waals surface area (Å²) in [6.07, 6.45) is 1.95. The van der Waals surface area contributed by atoms with Gasteiger partial charge in [0, 0.05) is 35.1 Å². The van der Waals surface area contributed by atoms with Crippen LogP contribution in [0.4, 0.5) is 11.4 Å². The summed E-state index contributed by atoms with van der Waals surface area (Å²) in [6, 6.07) is 21.5. The van der Waals surface area contributed by atoms with Gasteiger partial charge in [-0.25, -0.2) is 0 Å². The van der Waals surface area contributed by atoms with Crippen molar-refractivity contribution in [3.8, 4) is 0 Å². The van der Waals surface area contributed by atoms with Gasteiger partial charge in [-0.1, -0.05) is 36.4 Å². The first-order chi connectivity index (χ1) is 15.9. The quantitative estimate of drug-likeness (QED) is 0.573. The van der Waals surface area contributed by atoms with Crippen LogP contribution >= 0.6 is 0 Å². The van der Waals surface area contributed by atoms with Crippen molar-refractivity contribution in [2.24, 2.45) is 0 Å². The van der Waals surface area contributed by atoms with E-state index in [-0.39, 0.29) is 11.8 Å². The molecule has 1 heterocycles. The highest BCUT2D eigenvalue weighted by Gasteiger charge is 2.28. The van der Waals surface area contributed by atoms with Crippen LogP contribution in [-0.2, 0) is 0 Å². The summed E-state index contributed by atoms with van der Waals surface area (Å²) in [6.45, 7) is 4.52. The molecule has 1 aliphatic heterocycles. The lowest BCUT2D eigenvalue weighted by atomic mass is 10.0. The lowest BCUT2D eigenvalue weighted by Gasteiger charge is -2.27. The van der Waals surface area contributed by atoms with Crippen molar-refractivity contribution in [3.63, 3.8) is 0 Å². The molecule has 0 fully saturated rings. The normalized spacial score (nSPS) is 15.7. The number of benzene rings is 3. The molecule has 0 saturated carbocycles. The van der Waals surface area contributed by atoms with Gasteiger partial charge in [-0.15, -0.1) is 0 Å². The maximum absolute atomic E-state index is 13.6.